The summed E-state index contributed by atoms with van der Waals surface area (Å²) in [6.07, 6.45) is 7.07. The number of nitrogens with one attached hydrogen (secondary N) is 1. The highest BCUT2D eigenvalue weighted by Crippen LogP contribution is 2.37. The molecule has 3 atom stereocenters. The van der Waals surface area contributed by atoms with E-state index in [2.05, 4.69) is 57.6 Å². The van der Waals surface area contributed by atoms with Gasteiger partial charge in [0.05, 0.1) is 0 Å². The molecule has 5 rings (SSSR count). The number of hydrogen-bond donors (Lipinski definition) is 1. The Labute approximate surface area is 180 Å². The molecule has 0 spiro atoms. The molecule has 3 saturated heterocycles. The van der Waals surface area contributed by atoms with Gasteiger partial charge in [-0.05, 0) is 62.7 Å². The minimum absolute atomic E-state index is 0.145. The lowest BCUT2D eigenvalue weighted by molar-refractivity contribution is -0.127. The summed E-state index contributed by atoms with van der Waals surface area (Å²) in [6, 6.07) is 22.5. The molecule has 4 nitrogen and oxygen atoms in total. The summed E-state index contributed by atoms with van der Waals surface area (Å²) in [5.74, 6) is 0.198. The van der Waals surface area contributed by atoms with Crippen molar-refractivity contribution in [3.8, 4) is 0 Å². The van der Waals surface area contributed by atoms with Crippen molar-refractivity contribution < 1.29 is 4.79 Å². The van der Waals surface area contributed by atoms with Gasteiger partial charge in [-0.2, -0.15) is 0 Å². The fourth-order valence-electron chi connectivity index (χ4n) is 5.89. The Morgan fingerprint density at radius 2 is 1.50 bits per heavy atom. The number of rotatable bonds is 6. The normalized spacial score (nSPS) is 27.8. The third kappa shape index (κ3) is 4.17. The third-order valence-corrected chi connectivity index (χ3v) is 7.31. The van der Waals surface area contributed by atoms with Crippen LogP contribution in [0.2, 0.25) is 0 Å². The fourth-order valence-corrected chi connectivity index (χ4v) is 5.89. The maximum Gasteiger partial charge on any atom is 0.242 e. The van der Waals surface area contributed by atoms with Crippen molar-refractivity contribution in [2.45, 2.75) is 69.2 Å². The van der Waals surface area contributed by atoms with E-state index in [0.717, 1.165) is 38.0 Å². The SMILES string of the molecule is O=C(NC1CC2CCC(C1)N2Cc1ccccc1)C(c1ccccc1)N1CCCC1. The molecular weight excluding hydrogens is 370 g/mol. The zero-order chi connectivity index (χ0) is 20.3. The second kappa shape index (κ2) is 8.91. The summed E-state index contributed by atoms with van der Waals surface area (Å²) in [4.78, 5) is 18.5. The van der Waals surface area contributed by atoms with Crippen LogP contribution in [-0.2, 0) is 11.3 Å². The molecule has 4 heteroatoms. The van der Waals surface area contributed by atoms with E-state index < -0.39 is 0 Å². The number of nitrogens with zero attached hydrogens (tertiary/aromatic N) is 2. The third-order valence-electron chi connectivity index (χ3n) is 7.31. The van der Waals surface area contributed by atoms with Gasteiger partial charge in [-0.3, -0.25) is 14.6 Å². The van der Waals surface area contributed by atoms with E-state index in [1.165, 1.54) is 31.2 Å². The van der Waals surface area contributed by atoms with Crippen LogP contribution in [0.3, 0.4) is 0 Å². The number of carbonyl (C=O) groups is 1. The first-order valence-corrected chi connectivity index (χ1v) is 11.7. The quantitative estimate of drug-likeness (QED) is 0.788. The van der Waals surface area contributed by atoms with Crippen molar-refractivity contribution in [1.82, 2.24) is 15.1 Å². The van der Waals surface area contributed by atoms with Gasteiger partial charge in [-0.25, -0.2) is 0 Å². The number of piperidine rings is 1. The van der Waals surface area contributed by atoms with Gasteiger partial charge >= 0.3 is 0 Å². The molecule has 2 aromatic carbocycles. The summed E-state index contributed by atoms with van der Waals surface area (Å²) in [5.41, 5.74) is 2.52. The molecule has 3 heterocycles. The maximum absolute atomic E-state index is 13.4. The van der Waals surface area contributed by atoms with Crippen molar-refractivity contribution >= 4 is 5.91 Å². The van der Waals surface area contributed by atoms with Gasteiger partial charge in [0, 0.05) is 24.7 Å². The van der Waals surface area contributed by atoms with Crippen LogP contribution in [0.25, 0.3) is 0 Å². The molecule has 2 aromatic rings. The highest BCUT2D eigenvalue weighted by molar-refractivity contribution is 5.83. The lowest BCUT2D eigenvalue weighted by Crippen LogP contribution is -2.52. The molecule has 3 aliphatic heterocycles. The van der Waals surface area contributed by atoms with Crippen LogP contribution in [0.5, 0.6) is 0 Å². The average molecular weight is 404 g/mol. The lowest BCUT2D eigenvalue weighted by Gasteiger charge is -2.40. The molecule has 0 saturated carbocycles. The molecule has 1 N–H and O–H groups in total. The topological polar surface area (TPSA) is 35.6 Å². The number of fused-ring (bicyclic) bond motifs is 2. The second-order valence-corrected chi connectivity index (χ2v) is 9.28. The van der Waals surface area contributed by atoms with E-state index in [9.17, 15) is 4.79 Å². The van der Waals surface area contributed by atoms with E-state index >= 15 is 0 Å². The Morgan fingerprint density at radius 3 is 2.13 bits per heavy atom. The molecule has 0 aromatic heterocycles. The number of hydrogen-bond acceptors (Lipinski definition) is 3. The first kappa shape index (κ1) is 19.8. The summed E-state index contributed by atoms with van der Waals surface area (Å²) in [6.45, 7) is 3.08. The monoisotopic (exact) mass is 403 g/mol. The van der Waals surface area contributed by atoms with E-state index in [4.69, 9.17) is 0 Å². The van der Waals surface area contributed by atoms with Gasteiger partial charge in [-0.15, -0.1) is 0 Å². The smallest absolute Gasteiger partial charge is 0.242 e. The van der Waals surface area contributed by atoms with Crippen LogP contribution < -0.4 is 5.32 Å². The number of likely N-dealkylation sites (tertiary alicyclic amines) is 1. The Balaban J connectivity index is 1.25. The zero-order valence-electron chi connectivity index (χ0n) is 17.7. The van der Waals surface area contributed by atoms with E-state index in [0.29, 0.717) is 18.1 Å². The predicted octanol–water partition coefficient (Wildman–Crippen LogP) is 4.14. The Kier molecular flexibility index (Phi) is 5.87. The predicted molar refractivity (Wildman–Crippen MR) is 120 cm³/mol. The average Bonchev–Trinajstić information content (AvgIpc) is 3.36. The highest BCUT2D eigenvalue weighted by Gasteiger charge is 2.41. The van der Waals surface area contributed by atoms with E-state index in [-0.39, 0.29) is 11.9 Å². The molecule has 3 aliphatic rings. The molecular formula is C26H33N3O. The van der Waals surface area contributed by atoms with Gasteiger partial charge < -0.3 is 5.32 Å². The van der Waals surface area contributed by atoms with E-state index in [1.807, 2.05) is 18.2 Å². The van der Waals surface area contributed by atoms with Crippen LogP contribution >= 0.6 is 0 Å². The molecule has 158 valence electrons. The molecule has 30 heavy (non-hydrogen) atoms. The summed E-state index contributed by atoms with van der Waals surface area (Å²) >= 11 is 0. The van der Waals surface area contributed by atoms with Gasteiger partial charge in [-0.1, -0.05) is 60.7 Å². The minimum Gasteiger partial charge on any atom is -0.352 e. The Bertz CT molecular complexity index is 820. The van der Waals surface area contributed by atoms with Crippen LogP contribution in [0.1, 0.15) is 55.7 Å². The number of benzene rings is 2. The fraction of sp³-hybridized carbons (Fsp3) is 0.500. The molecule has 1 amide bonds. The highest BCUT2D eigenvalue weighted by atomic mass is 16.2. The first-order chi connectivity index (χ1) is 14.8. The molecule has 3 fully saturated rings. The van der Waals surface area contributed by atoms with Crippen molar-refractivity contribution in [3.63, 3.8) is 0 Å². The van der Waals surface area contributed by atoms with Gasteiger partial charge in [0.25, 0.3) is 0 Å². The first-order valence-electron chi connectivity index (χ1n) is 11.7. The maximum atomic E-state index is 13.4. The lowest BCUT2D eigenvalue weighted by atomic mass is 9.95. The zero-order valence-corrected chi connectivity index (χ0v) is 17.7. The molecule has 2 bridgehead atoms. The standard InChI is InChI=1S/C26H33N3O/c30-26(25(28-15-7-8-16-28)21-11-5-2-6-12-21)27-22-17-23-13-14-24(18-22)29(23)19-20-9-3-1-4-10-20/h1-6,9-12,22-25H,7-8,13-19H2,(H,27,30). The van der Waals surface area contributed by atoms with Gasteiger partial charge in [0.15, 0.2) is 0 Å². The van der Waals surface area contributed by atoms with Crippen LogP contribution in [0.15, 0.2) is 60.7 Å². The van der Waals surface area contributed by atoms with Crippen LogP contribution in [0, 0.1) is 0 Å². The Hall–Kier alpha value is -2.17. The van der Waals surface area contributed by atoms with Crippen LogP contribution in [-0.4, -0.2) is 46.9 Å². The molecule has 3 unspecified atom stereocenters. The Morgan fingerprint density at radius 1 is 0.900 bits per heavy atom. The largest absolute Gasteiger partial charge is 0.352 e. The van der Waals surface area contributed by atoms with E-state index in [1.54, 1.807) is 0 Å². The van der Waals surface area contributed by atoms with Crippen LogP contribution in [0.4, 0.5) is 0 Å². The summed E-state index contributed by atoms with van der Waals surface area (Å²) < 4.78 is 0. The van der Waals surface area contributed by atoms with Crippen molar-refractivity contribution in [2.24, 2.45) is 0 Å². The summed E-state index contributed by atoms with van der Waals surface area (Å²) in [5, 5.41) is 3.47. The molecule has 0 aliphatic carbocycles. The second-order valence-electron chi connectivity index (χ2n) is 9.28. The van der Waals surface area contributed by atoms with Crippen molar-refractivity contribution in [1.29, 1.82) is 0 Å². The summed E-state index contributed by atoms with van der Waals surface area (Å²) in [7, 11) is 0. The van der Waals surface area contributed by atoms with Crippen molar-refractivity contribution in [3.05, 3.63) is 71.8 Å². The van der Waals surface area contributed by atoms with Gasteiger partial charge in [0.1, 0.15) is 6.04 Å². The van der Waals surface area contributed by atoms with Gasteiger partial charge in [0.2, 0.25) is 5.91 Å². The minimum atomic E-state index is -0.145. The number of carbonyl (C=O) groups excluding carboxylic acids is 1. The number of amides is 1. The molecule has 0 radical (unpaired) electrons. The van der Waals surface area contributed by atoms with Crippen molar-refractivity contribution in [2.75, 3.05) is 13.1 Å².